The maximum Gasteiger partial charge on any atom is 0.272 e. The van der Waals surface area contributed by atoms with Crippen molar-refractivity contribution in [2.75, 3.05) is 0 Å². The van der Waals surface area contributed by atoms with Gasteiger partial charge < -0.3 is 4.57 Å². The number of rotatable bonds is 5. The number of nitro benzene ring substituents is 1. The highest BCUT2D eigenvalue weighted by atomic mass is 32.1. The molecule has 1 heterocycles. The van der Waals surface area contributed by atoms with Crippen LogP contribution in [0.15, 0.2) is 53.5 Å². The van der Waals surface area contributed by atoms with Crippen molar-refractivity contribution in [1.82, 2.24) is 4.57 Å². The molecule has 0 spiro atoms. The third-order valence-corrected chi connectivity index (χ3v) is 5.17. The Morgan fingerprint density at radius 1 is 1.32 bits per heavy atom. The lowest BCUT2D eigenvalue weighted by Crippen LogP contribution is -2.15. The number of fused-ring (bicyclic) bond motifs is 1. The van der Waals surface area contributed by atoms with Gasteiger partial charge in [0.1, 0.15) is 0 Å². The van der Waals surface area contributed by atoms with Crippen LogP contribution in [0.2, 0.25) is 0 Å². The first-order valence-corrected chi connectivity index (χ1v) is 9.40. The van der Waals surface area contributed by atoms with E-state index in [9.17, 15) is 14.9 Å². The average Bonchev–Trinajstić information content (AvgIpc) is 3.03. The highest BCUT2D eigenvalue weighted by Gasteiger charge is 2.07. The van der Waals surface area contributed by atoms with E-state index in [4.69, 9.17) is 6.42 Å². The molecule has 6 nitrogen and oxygen atoms in total. The van der Waals surface area contributed by atoms with Crippen molar-refractivity contribution in [3.05, 3.63) is 74.6 Å². The summed E-state index contributed by atoms with van der Waals surface area (Å²) in [6.07, 6.45) is 9.31. The number of nitro groups is 1. The zero-order valence-electron chi connectivity index (χ0n) is 15.2. The van der Waals surface area contributed by atoms with E-state index in [2.05, 4.69) is 23.9 Å². The van der Waals surface area contributed by atoms with Gasteiger partial charge in [0.05, 0.1) is 21.7 Å². The Bertz CT molecular complexity index is 1180. The van der Waals surface area contributed by atoms with E-state index in [1.807, 2.05) is 16.7 Å². The topological polar surface area (TPSA) is 77.5 Å². The van der Waals surface area contributed by atoms with Crippen molar-refractivity contribution >= 4 is 39.2 Å². The summed E-state index contributed by atoms with van der Waals surface area (Å²) in [7, 11) is 0. The molecule has 2 aromatic carbocycles. The van der Waals surface area contributed by atoms with E-state index in [0.717, 1.165) is 16.6 Å². The quantitative estimate of drug-likeness (QED) is 0.286. The van der Waals surface area contributed by atoms with Crippen LogP contribution in [0.1, 0.15) is 18.1 Å². The molecule has 1 amide bonds. The number of non-ortho nitro benzene ring substituents is 1. The van der Waals surface area contributed by atoms with Crippen LogP contribution in [0, 0.1) is 22.5 Å². The van der Waals surface area contributed by atoms with Gasteiger partial charge in [0, 0.05) is 18.2 Å². The predicted octanol–water partition coefficient (Wildman–Crippen LogP) is 3.95. The van der Waals surface area contributed by atoms with Gasteiger partial charge in [-0.3, -0.25) is 14.9 Å². The molecule has 0 N–H and O–H groups in total. The fraction of sp³-hybridized carbons (Fsp3) is 0.143. The molecule has 0 aliphatic heterocycles. The largest absolute Gasteiger partial charge is 0.305 e. The lowest BCUT2D eigenvalue weighted by Gasteiger charge is -2.00. The number of carbonyl (C=O) groups is 1. The summed E-state index contributed by atoms with van der Waals surface area (Å²) < 4.78 is 2.87. The fourth-order valence-corrected chi connectivity index (χ4v) is 3.77. The number of amides is 1. The van der Waals surface area contributed by atoms with E-state index in [1.54, 1.807) is 18.2 Å². The van der Waals surface area contributed by atoms with Crippen molar-refractivity contribution in [2.24, 2.45) is 4.99 Å². The van der Waals surface area contributed by atoms with Crippen molar-refractivity contribution in [2.45, 2.75) is 19.9 Å². The molecule has 0 aliphatic carbocycles. The normalized spacial score (nSPS) is 11.8. The first-order valence-electron chi connectivity index (χ1n) is 8.58. The van der Waals surface area contributed by atoms with Gasteiger partial charge in [0.2, 0.25) is 0 Å². The molecule has 0 saturated heterocycles. The second-order valence-electron chi connectivity index (χ2n) is 5.96. The SMILES string of the molecule is C#CCn1c(=NC(=O)/C=C\c2ccc([N+](=O)[O-])cc2)sc2cc(CC)ccc21. The number of nitrogens with zero attached hydrogens (tertiary/aromatic N) is 3. The standard InChI is InChI=1S/C21H17N3O3S/c1-3-13-23-18-11-7-15(4-2)14-19(18)28-21(23)22-20(25)12-8-16-5-9-17(10-6-16)24(26)27/h1,5-12,14H,4,13H2,2H3/b12-8-,22-21?. The van der Waals surface area contributed by atoms with Gasteiger partial charge in [-0.15, -0.1) is 6.42 Å². The maximum atomic E-state index is 12.3. The molecule has 3 rings (SSSR count). The summed E-state index contributed by atoms with van der Waals surface area (Å²) in [4.78, 5) is 27.2. The van der Waals surface area contributed by atoms with Gasteiger partial charge in [-0.05, 0) is 47.9 Å². The van der Waals surface area contributed by atoms with Crippen LogP contribution < -0.4 is 4.80 Å². The number of aromatic nitrogens is 1. The van der Waals surface area contributed by atoms with Crippen molar-refractivity contribution in [1.29, 1.82) is 0 Å². The van der Waals surface area contributed by atoms with Crippen LogP contribution in [-0.2, 0) is 17.8 Å². The molecule has 0 fully saturated rings. The van der Waals surface area contributed by atoms with Crippen LogP contribution in [0.25, 0.3) is 16.3 Å². The molecule has 0 radical (unpaired) electrons. The molecule has 0 bridgehead atoms. The number of aryl methyl sites for hydroxylation is 1. The lowest BCUT2D eigenvalue weighted by atomic mass is 10.2. The molecular weight excluding hydrogens is 374 g/mol. The average molecular weight is 391 g/mol. The van der Waals surface area contributed by atoms with Gasteiger partial charge >= 0.3 is 0 Å². The third kappa shape index (κ3) is 4.24. The number of terminal acetylenes is 1. The molecule has 7 heteroatoms. The Morgan fingerprint density at radius 3 is 2.71 bits per heavy atom. The molecule has 0 aliphatic rings. The second kappa shape index (κ2) is 8.46. The van der Waals surface area contributed by atoms with Crippen LogP contribution in [0.4, 0.5) is 5.69 Å². The van der Waals surface area contributed by atoms with Gasteiger partial charge in [-0.25, -0.2) is 0 Å². The van der Waals surface area contributed by atoms with Gasteiger partial charge in [0.15, 0.2) is 4.80 Å². The summed E-state index contributed by atoms with van der Waals surface area (Å²) >= 11 is 1.42. The number of hydrogen-bond donors (Lipinski definition) is 0. The van der Waals surface area contributed by atoms with E-state index < -0.39 is 10.8 Å². The number of benzene rings is 2. The van der Waals surface area contributed by atoms with Crippen molar-refractivity contribution in [3.63, 3.8) is 0 Å². The number of carbonyl (C=O) groups excluding carboxylic acids is 1. The smallest absolute Gasteiger partial charge is 0.272 e. The third-order valence-electron chi connectivity index (χ3n) is 4.13. The Morgan fingerprint density at radius 2 is 2.07 bits per heavy atom. The zero-order valence-corrected chi connectivity index (χ0v) is 16.0. The molecule has 0 saturated carbocycles. The second-order valence-corrected chi connectivity index (χ2v) is 6.97. The fourth-order valence-electron chi connectivity index (χ4n) is 2.67. The minimum atomic E-state index is -0.469. The first kappa shape index (κ1) is 19.3. The van der Waals surface area contributed by atoms with Crippen LogP contribution in [-0.4, -0.2) is 15.4 Å². The van der Waals surface area contributed by atoms with E-state index in [0.29, 0.717) is 16.9 Å². The van der Waals surface area contributed by atoms with Crippen molar-refractivity contribution < 1.29 is 9.72 Å². The Balaban J connectivity index is 1.92. The Hall–Kier alpha value is -3.50. The molecule has 140 valence electrons. The Kier molecular flexibility index (Phi) is 5.82. The van der Waals surface area contributed by atoms with E-state index in [-0.39, 0.29) is 5.69 Å². The number of thiazole rings is 1. The highest BCUT2D eigenvalue weighted by molar-refractivity contribution is 7.16. The summed E-state index contributed by atoms with van der Waals surface area (Å²) in [6.45, 7) is 2.41. The molecule has 1 aromatic heterocycles. The Labute approximate surface area is 165 Å². The van der Waals surface area contributed by atoms with E-state index in [1.165, 1.54) is 35.1 Å². The number of hydrogen-bond acceptors (Lipinski definition) is 4. The van der Waals surface area contributed by atoms with Crippen LogP contribution in [0.3, 0.4) is 0 Å². The van der Waals surface area contributed by atoms with Gasteiger partial charge in [0.25, 0.3) is 11.6 Å². The van der Waals surface area contributed by atoms with Crippen LogP contribution in [0.5, 0.6) is 0 Å². The minimum absolute atomic E-state index is 0.000199. The highest BCUT2D eigenvalue weighted by Crippen LogP contribution is 2.19. The summed E-state index contributed by atoms with van der Waals surface area (Å²) in [6, 6.07) is 12.1. The molecular formula is C21H17N3O3S. The van der Waals surface area contributed by atoms with Gasteiger partial charge in [-0.2, -0.15) is 4.99 Å². The lowest BCUT2D eigenvalue weighted by molar-refractivity contribution is -0.384. The monoisotopic (exact) mass is 391 g/mol. The zero-order chi connectivity index (χ0) is 20.1. The first-order chi connectivity index (χ1) is 13.5. The van der Waals surface area contributed by atoms with E-state index >= 15 is 0 Å². The molecule has 3 aromatic rings. The summed E-state index contributed by atoms with van der Waals surface area (Å²) in [5.41, 5.74) is 2.83. The molecule has 28 heavy (non-hydrogen) atoms. The molecule has 0 atom stereocenters. The van der Waals surface area contributed by atoms with Crippen molar-refractivity contribution in [3.8, 4) is 12.3 Å². The van der Waals surface area contributed by atoms with Gasteiger partial charge in [-0.1, -0.05) is 30.2 Å². The summed E-state index contributed by atoms with van der Waals surface area (Å²) in [5, 5.41) is 10.7. The summed E-state index contributed by atoms with van der Waals surface area (Å²) in [5.74, 6) is 2.18. The maximum absolute atomic E-state index is 12.3. The predicted molar refractivity (Wildman–Crippen MR) is 111 cm³/mol. The van der Waals surface area contributed by atoms with Crippen LogP contribution >= 0.6 is 11.3 Å². The minimum Gasteiger partial charge on any atom is -0.305 e. The molecule has 0 unspecified atom stereocenters.